The molecule has 3 aliphatic rings. The minimum atomic E-state index is 0.604. The summed E-state index contributed by atoms with van der Waals surface area (Å²) in [5.41, 5.74) is 0.604. The SMILES string of the molecule is C[C@@H]1[C@H]2C[C@@H](C[C@H]1c1nccs1)C2(C)C. The molecule has 1 aromatic heterocycles. The first-order valence-electron chi connectivity index (χ1n) is 6.00. The van der Waals surface area contributed by atoms with Crippen molar-refractivity contribution in [2.75, 3.05) is 0 Å². The van der Waals surface area contributed by atoms with Gasteiger partial charge in [-0.25, -0.2) is 4.98 Å². The van der Waals surface area contributed by atoms with Crippen molar-refractivity contribution in [2.45, 2.75) is 39.5 Å². The molecule has 2 bridgehead atoms. The summed E-state index contributed by atoms with van der Waals surface area (Å²) in [5.74, 6) is 3.47. The summed E-state index contributed by atoms with van der Waals surface area (Å²) in [6, 6.07) is 0. The zero-order valence-corrected chi connectivity index (χ0v) is 10.6. The average Bonchev–Trinajstić information content (AvgIpc) is 2.70. The van der Waals surface area contributed by atoms with Gasteiger partial charge in [0.15, 0.2) is 0 Å². The summed E-state index contributed by atoms with van der Waals surface area (Å²) in [5, 5.41) is 3.50. The maximum Gasteiger partial charge on any atom is 0.0958 e. The minimum absolute atomic E-state index is 0.604. The molecule has 4 atom stereocenters. The molecule has 15 heavy (non-hydrogen) atoms. The standard InChI is InChI=1S/C13H19NS/c1-8-10(12-14-4-5-15-12)6-9-7-11(8)13(9,2)3/h4-5,8-11H,6-7H2,1-3H3/t8-,9+,10+,11+/m0/s1. The number of rotatable bonds is 1. The number of thiazole rings is 1. The van der Waals surface area contributed by atoms with E-state index in [1.165, 1.54) is 17.8 Å². The Bertz CT molecular complexity index is 355. The highest BCUT2D eigenvalue weighted by atomic mass is 32.1. The van der Waals surface area contributed by atoms with Crippen LogP contribution in [0.5, 0.6) is 0 Å². The van der Waals surface area contributed by atoms with Crippen LogP contribution in [0.2, 0.25) is 0 Å². The lowest BCUT2D eigenvalue weighted by atomic mass is 9.43. The molecular weight excluding hydrogens is 202 g/mol. The molecule has 0 saturated heterocycles. The van der Waals surface area contributed by atoms with Crippen LogP contribution in [0.25, 0.3) is 0 Å². The van der Waals surface area contributed by atoms with E-state index in [0.29, 0.717) is 5.41 Å². The highest BCUT2D eigenvalue weighted by Crippen LogP contribution is 2.64. The predicted octanol–water partition coefficient (Wildman–Crippen LogP) is 3.93. The van der Waals surface area contributed by atoms with E-state index >= 15 is 0 Å². The first kappa shape index (κ1) is 9.83. The Hall–Kier alpha value is -0.370. The lowest BCUT2D eigenvalue weighted by Gasteiger charge is -2.61. The molecule has 1 heterocycles. The fourth-order valence-corrected chi connectivity index (χ4v) is 4.76. The van der Waals surface area contributed by atoms with E-state index in [1.807, 2.05) is 17.5 Å². The highest BCUT2D eigenvalue weighted by molar-refractivity contribution is 7.09. The number of aromatic nitrogens is 1. The van der Waals surface area contributed by atoms with Crippen molar-refractivity contribution in [3.8, 4) is 0 Å². The van der Waals surface area contributed by atoms with Crippen LogP contribution in [0.1, 0.15) is 44.5 Å². The lowest BCUT2D eigenvalue weighted by molar-refractivity contribution is -0.110. The summed E-state index contributed by atoms with van der Waals surface area (Å²) in [7, 11) is 0. The smallest absolute Gasteiger partial charge is 0.0958 e. The average molecular weight is 221 g/mol. The van der Waals surface area contributed by atoms with Crippen molar-refractivity contribution in [3.05, 3.63) is 16.6 Å². The molecule has 82 valence electrons. The monoisotopic (exact) mass is 221 g/mol. The van der Waals surface area contributed by atoms with Crippen molar-refractivity contribution in [1.29, 1.82) is 0 Å². The van der Waals surface area contributed by atoms with Gasteiger partial charge in [-0.2, -0.15) is 0 Å². The highest BCUT2D eigenvalue weighted by Gasteiger charge is 2.56. The molecule has 3 fully saturated rings. The van der Waals surface area contributed by atoms with Crippen molar-refractivity contribution in [1.82, 2.24) is 4.98 Å². The fourth-order valence-electron chi connectivity index (χ4n) is 3.89. The van der Waals surface area contributed by atoms with E-state index in [9.17, 15) is 0 Å². The Morgan fingerprint density at radius 1 is 1.40 bits per heavy atom. The summed E-state index contributed by atoms with van der Waals surface area (Å²) in [4.78, 5) is 4.51. The second-order valence-electron chi connectivity index (χ2n) is 5.93. The molecule has 0 unspecified atom stereocenters. The molecule has 1 nitrogen and oxygen atoms in total. The molecule has 3 aliphatic carbocycles. The van der Waals surface area contributed by atoms with E-state index in [4.69, 9.17) is 0 Å². The molecule has 2 heteroatoms. The number of nitrogens with zero attached hydrogens (tertiary/aromatic N) is 1. The van der Waals surface area contributed by atoms with Crippen molar-refractivity contribution in [3.63, 3.8) is 0 Å². The van der Waals surface area contributed by atoms with Gasteiger partial charge in [-0.1, -0.05) is 20.8 Å². The van der Waals surface area contributed by atoms with Gasteiger partial charge in [0, 0.05) is 17.5 Å². The van der Waals surface area contributed by atoms with Gasteiger partial charge in [-0.3, -0.25) is 0 Å². The topological polar surface area (TPSA) is 12.9 Å². The van der Waals surface area contributed by atoms with Crippen molar-refractivity contribution >= 4 is 11.3 Å². The van der Waals surface area contributed by atoms with Crippen LogP contribution in [0.3, 0.4) is 0 Å². The Balaban J connectivity index is 1.86. The molecule has 0 amide bonds. The van der Waals surface area contributed by atoms with Gasteiger partial charge in [0.1, 0.15) is 0 Å². The maximum atomic E-state index is 4.51. The lowest BCUT2D eigenvalue weighted by Crippen LogP contribution is -2.54. The van der Waals surface area contributed by atoms with Crippen LogP contribution >= 0.6 is 11.3 Å². The largest absolute Gasteiger partial charge is 0.249 e. The van der Waals surface area contributed by atoms with Gasteiger partial charge in [0.2, 0.25) is 0 Å². The zero-order valence-electron chi connectivity index (χ0n) is 9.73. The number of hydrogen-bond acceptors (Lipinski definition) is 2. The molecule has 0 N–H and O–H groups in total. The normalized spacial score (nSPS) is 42.3. The molecule has 0 aromatic carbocycles. The van der Waals surface area contributed by atoms with Gasteiger partial charge in [0.25, 0.3) is 0 Å². The Morgan fingerprint density at radius 3 is 2.73 bits per heavy atom. The van der Waals surface area contributed by atoms with E-state index in [-0.39, 0.29) is 0 Å². The molecule has 3 saturated carbocycles. The van der Waals surface area contributed by atoms with Crippen molar-refractivity contribution < 1.29 is 0 Å². The third kappa shape index (κ3) is 1.24. The minimum Gasteiger partial charge on any atom is -0.249 e. The fraction of sp³-hybridized carbons (Fsp3) is 0.769. The Kier molecular flexibility index (Phi) is 2.01. The van der Waals surface area contributed by atoms with Crippen LogP contribution < -0.4 is 0 Å². The molecule has 4 rings (SSSR count). The molecule has 0 radical (unpaired) electrons. The van der Waals surface area contributed by atoms with E-state index in [2.05, 4.69) is 31.1 Å². The van der Waals surface area contributed by atoms with Crippen LogP contribution in [0.4, 0.5) is 0 Å². The van der Waals surface area contributed by atoms with Gasteiger partial charge in [-0.15, -0.1) is 11.3 Å². The molecular formula is C13H19NS. The quantitative estimate of drug-likeness (QED) is 0.700. The number of fused-ring (bicyclic) bond motifs is 2. The third-order valence-electron chi connectivity index (χ3n) is 5.12. The van der Waals surface area contributed by atoms with Gasteiger partial charge < -0.3 is 0 Å². The second-order valence-corrected chi connectivity index (χ2v) is 6.86. The molecule has 0 spiro atoms. The maximum absolute atomic E-state index is 4.51. The van der Waals surface area contributed by atoms with Gasteiger partial charge in [0.05, 0.1) is 5.01 Å². The summed E-state index contributed by atoms with van der Waals surface area (Å²) >= 11 is 1.84. The van der Waals surface area contributed by atoms with Gasteiger partial charge >= 0.3 is 0 Å². The summed E-state index contributed by atoms with van der Waals surface area (Å²) in [6.07, 6.45) is 4.80. The third-order valence-corrected chi connectivity index (χ3v) is 6.03. The molecule has 0 aliphatic heterocycles. The van der Waals surface area contributed by atoms with Crippen LogP contribution in [0, 0.1) is 23.2 Å². The molecule has 1 aromatic rings. The number of hydrogen-bond donors (Lipinski definition) is 0. The summed E-state index contributed by atoms with van der Waals surface area (Å²) < 4.78 is 0. The van der Waals surface area contributed by atoms with Crippen LogP contribution in [-0.2, 0) is 0 Å². The first-order valence-corrected chi connectivity index (χ1v) is 6.88. The summed E-state index contributed by atoms with van der Waals surface area (Å²) in [6.45, 7) is 7.36. The first-order chi connectivity index (χ1) is 7.10. The second kappa shape index (κ2) is 3.07. The van der Waals surface area contributed by atoms with Crippen molar-refractivity contribution in [2.24, 2.45) is 23.2 Å². The van der Waals surface area contributed by atoms with E-state index in [1.54, 1.807) is 0 Å². The van der Waals surface area contributed by atoms with E-state index in [0.717, 1.165) is 23.7 Å². The Labute approximate surface area is 95.9 Å². The van der Waals surface area contributed by atoms with E-state index < -0.39 is 0 Å². The zero-order chi connectivity index (χ0) is 10.6. The van der Waals surface area contributed by atoms with Crippen LogP contribution in [0.15, 0.2) is 11.6 Å². The predicted molar refractivity (Wildman–Crippen MR) is 64.0 cm³/mol. The Morgan fingerprint density at radius 2 is 2.20 bits per heavy atom. The van der Waals surface area contributed by atoms with Crippen LogP contribution in [-0.4, -0.2) is 4.98 Å². The van der Waals surface area contributed by atoms with Gasteiger partial charge in [-0.05, 0) is 36.0 Å².